The molecule has 0 saturated carbocycles. The molecule has 5 nitrogen and oxygen atoms in total. The summed E-state index contributed by atoms with van der Waals surface area (Å²) >= 11 is 5.71. The number of ether oxygens (including phenoxy) is 2. The summed E-state index contributed by atoms with van der Waals surface area (Å²) in [5.41, 5.74) is 9.35. The molecule has 1 aliphatic rings. The fourth-order valence-electron chi connectivity index (χ4n) is 3.22. The number of nitrogens with two attached hydrogens (primary N) is 1. The smallest absolute Gasteiger partial charge is 0.142 e. The van der Waals surface area contributed by atoms with Gasteiger partial charge < -0.3 is 15.2 Å². The number of rotatable bonds is 3. The number of hydrogen-bond donors (Lipinski definition) is 1. The van der Waals surface area contributed by atoms with E-state index in [9.17, 15) is 5.26 Å². The Morgan fingerprint density at radius 3 is 2.72 bits per heavy atom. The Bertz CT molecular complexity index is 912. The standard InChI is InChI=1S/C19H21N3O2S/c1-11(2)17-8-12-13(9-20)18(21)22(19(25)14(12)10-24-17)15-6-4-5-7-16(15)23-3/h4-7,11,17H,8,10,21H2,1-3H3/t17-/m1/s1. The van der Waals surface area contributed by atoms with E-state index >= 15 is 0 Å². The summed E-state index contributed by atoms with van der Waals surface area (Å²) in [5, 5.41) is 9.74. The molecule has 0 spiro atoms. The fraction of sp³-hybridized carbons (Fsp3) is 0.368. The molecule has 6 heteroatoms. The molecule has 1 aromatic heterocycles. The monoisotopic (exact) mass is 355 g/mol. The minimum absolute atomic E-state index is 0.0653. The molecular weight excluding hydrogens is 334 g/mol. The van der Waals surface area contributed by atoms with Gasteiger partial charge in [0.15, 0.2) is 0 Å². The predicted octanol–water partition coefficient (Wildman–Crippen LogP) is 3.77. The van der Waals surface area contributed by atoms with Gasteiger partial charge in [-0.15, -0.1) is 0 Å². The SMILES string of the molecule is COc1ccccc1-n1c(N)c(C#N)c2c(c1=S)CO[C@@H](C(C)C)C2. The van der Waals surface area contributed by atoms with Gasteiger partial charge in [-0.3, -0.25) is 4.57 Å². The molecule has 0 bridgehead atoms. The van der Waals surface area contributed by atoms with Crippen molar-refractivity contribution in [3.63, 3.8) is 0 Å². The molecule has 1 aromatic carbocycles. The van der Waals surface area contributed by atoms with Gasteiger partial charge in [-0.25, -0.2) is 0 Å². The summed E-state index contributed by atoms with van der Waals surface area (Å²) in [6.07, 6.45) is 0.715. The van der Waals surface area contributed by atoms with Crippen molar-refractivity contribution in [3.05, 3.63) is 45.6 Å². The molecule has 130 valence electrons. The van der Waals surface area contributed by atoms with Crippen molar-refractivity contribution < 1.29 is 9.47 Å². The zero-order chi connectivity index (χ0) is 18.1. The van der Waals surface area contributed by atoms with Crippen LogP contribution >= 0.6 is 12.2 Å². The zero-order valence-corrected chi connectivity index (χ0v) is 15.4. The van der Waals surface area contributed by atoms with Crippen LogP contribution in [0.4, 0.5) is 5.82 Å². The van der Waals surface area contributed by atoms with Crippen LogP contribution in [0.2, 0.25) is 0 Å². The molecular formula is C19H21N3O2S. The third-order valence-corrected chi connectivity index (χ3v) is 5.08. The predicted molar refractivity (Wildman–Crippen MR) is 99.4 cm³/mol. The average molecular weight is 355 g/mol. The highest BCUT2D eigenvalue weighted by Gasteiger charge is 2.28. The first-order valence-electron chi connectivity index (χ1n) is 8.20. The number of anilines is 1. The van der Waals surface area contributed by atoms with Gasteiger partial charge in [0.2, 0.25) is 0 Å². The van der Waals surface area contributed by atoms with Crippen LogP contribution in [0, 0.1) is 21.9 Å². The maximum atomic E-state index is 9.74. The minimum atomic E-state index is 0.0653. The molecule has 1 aliphatic heterocycles. The molecule has 0 radical (unpaired) electrons. The molecule has 1 atom stereocenters. The van der Waals surface area contributed by atoms with E-state index in [1.807, 2.05) is 24.3 Å². The molecule has 0 fully saturated rings. The number of benzene rings is 1. The number of aromatic nitrogens is 1. The molecule has 0 amide bonds. The van der Waals surface area contributed by atoms with Crippen LogP contribution in [0.5, 0.6) is 5.75 Å². The Kier molecular flexibility index (Phi) is 4.80. The Morgan fingerprint density at radius 2 is 2.08 bits per heavy atom. The van der Waals surface area contributed by atoms with Crippen LogP contribution in [0.15, 0.2) is 24.3 Å². The normalized spacial score (nSPS) is 16.4. The fourth-order valence-corrected chi connectivity index (χ4v) is 3.60. The number of pyridine rings is 1. The Balaban J connectivity index is 2.28. The summed E-state index contributed by atoms with van der Waals surface area (Å²) < 4.78 is 13.7. The number of methoxy groups -OCH3 is 1. The lowest BCUT2D eigenvalue weighted by molar-refractivity contribution is -0.000856. The molecule has 0 saturated heterocycles. The van der Waals surface area contributed by atoms with Crippen molar-refractivity contribution in [2.24, 2.45) is 5.92 Å². The quantitative estimate of drug-likeness (QED) is 0.849. The second-order valence-electron chi connectivity index (χ2n) is 6.44. The zero-order valence-electron chi connectivity index (χ0n) is 14.6. The highest BCUT2D eigenvalue weighted by atomic mass is 32.1. The Hall–Kier alpha value is -2.36. The summed E-state index contributed by atoms with van der Waals surface area (Å²) in [5.74, 6) is 1.35. The van der Waals surface area contributed by atoms with Gasteiger partial charge in [0.1, 0.15) is 22.3 Å². The number of nitriles is 1. The van der Waals surface area contributed by atoms with E-state index in [0.717, 1.165) is 16.8 Å². The maximum absolute atomic E-state index is 9.74. The lowest BCUT2D eigenvalue weighted by Gasteiger charge is -2.30. The van der Waals surface area contributed by atoms with Crippen molar-refractivity contribution in [3.8, 4) is 17.5 Å². The lowest BCUT2D eigenvalue weighted by atomic mass is 9.91. The first-order chi connectivity index (χ1) is 12.0. The van der Waals surface area contributed by atoms with Crippen LogP contribution in [0.3, 0.4) is 0 Å². The first kappa shape index (κ1) is 17.5. The Morgan fingerprint density at radius 1 is 1.36 bits per heavy atom. The van der Waals surface area contributed by atoms with Gasteiger partial charge in [-0.05, 0) is 23.6 Å². The number of para-hydroxylation sites is 2. The molecule has 2 aromatic rings. The minimum Gasteiger partial charge on any atom is -0.495 e. The van der Waals surface area contributed by atoms with Crippen LogP contribution in [0.1, 0.15) is 30.5 Å². The van der Waals surface area contributed by atoms with E-state index in [1.165, 1.54) is 0 Å². The van der Waals surface area contributed by atoms with Gasteiger partial charge >= 0.3 is 0 Å². The summed E-state index contributed by atoms with van der Waals surface area (Å²) in [4.78, 5) is 0. The van der Waals surface area contributed by atoms with Crippen molar-refractivity contribution in [2.45, 2.75) is 33.0 Å². The van der Waals surface area contributed by atoms with Crippen LogP contribution in [0.25, 0.3) is 5.69 Å². The van der Waals surface area contributed by atoms with E-state index in [4.69, 9.17) is 27.4 Å². The van der Waals surface area contributed by atoms with Crippen LogP contribution < -0.4 is 10.5 Å². The molecule has 0 unspecified atom stereocenters. The third kappa shape index (κ3) is 2.90. The molecule has 0 aliphatic carbocycles. The van der Waals surface area contributed by atoms with E-state index in [2.05, 4.69) is 19.9 Å². The van der Waals surface area contributed by atoms with Crippen molar-refractivity contribution in [1.82, 2.24) is 4.57 Å². The van der Waals surface area contributed by atoms with E-state index in [0.29, 0.717) is 40.7 Å². The highest BCUT2D eigenvalue weighted by molar-refractivity contribution is 7.71. The van der Waals surface area contributed by atoms with E-state index in [-0.39, 0.29) is 6.10 Å². The lowest BCUT2D eigenvalue weighted by Crippen LogP contribution is -2.29. The topological polar surface area (TPSA) is 73.2 Å². The molecule has 2 N–H and O–H groups in total. The van der Waals surface area contributed by atoms with Crippen LogP contribution in [-0.4, -0.2) is 17.8 Å². The van der Waals surface area contributed by atoms with Crippen molar-refractivity contribution in [1.29, 1.82) is 5.26 Å². The maximum Gasteiger partial charge on any atom is 0.142 e. The number of nitrogens with zero attached hydrogens (tertiary/aromatic N) is 2. The summed E-state index contributed by atoms with van der Waals surface area (Å²) in [6, 6.07) is 9.75. The molecule has 2 heterocycles. The number of hydrogen-bond acceptors (Lipinski definition) is 5. The van der Waals surface area contributed by atoms with E-state index < -0.39 is 0 Å². The second-order valence-corrected chi connectivity index (χ2v) is 6.83. The number of fused-ring (bicyclic) bond motifs is 1. The van der Waals surface area contributed by atoms with Crippen molar-refractivity contribution in [2.75, 3.05) is 12.8 Å². The van der Waals surface area contributed by atoms with Crippen molar-refractivity contribution >= 4 is 18.0 Å². The van der Waals surface area contributed by atoms with Gasteiger partial charge in [0, 0.05) is 12.0 Å². The van der Waals surface area contributed by atoms with Crippen LogP contribution in [-0.2, 0) is 17.8 Å². The second kappa shape index (κ2) is 6.87. The average Bonchev–Trinajstić information content (AvgIpc) is 2.62. The third-order valence-electron chi connectivity index (χ3n) is 4.65. The van der Waals surface area contributed by atoms with Gasteiger partial charge in [-0.1, -0.05) is 38.2 Å². The first-order valence-corrected chi connectivity index (χ1v) is 8.61. The molecule has 3 rings (SSSR count). The summed E-state index contributed by atoms with van der Waals surface area (Å²) in [6.45, 7) is 4.61. The number of nitrogen functional groups attached to an aromatic ring is 1. The highest BCUT2D eigenvalue weighted by Crippen LogP contribution is 2.34. The van der Waals surface area contributed by atoms with Gasteiger partial charge in [0.05, 0.1) is 31.1 Å². The summed E-state index contributed by atoms with van der Waals surface area (Å²) in [7, 11) is 1.60. The largest absolute Gasteiger partial charge is 0.495 e. The van der Waals surface area contributed by atoms with Gasteiger partial charge in [-0.2, -0.15) is 5.26 Å². The van der Waals surface area contributed by atoms with Gasteiger partial charge in [0.25, 0.3) is 0 Å². The van der Waals surface area contributed by atoms with E-state index in [1.54, 1.807) is 11.7 Å². The Labute approximate surface area is 152 Å². The molecule has 25 heavy (non-hydrogen) atoms.